The predicted molar refractivity (Wildman–Crippen MR) is 104 cm³/mol. The lowest BCUT2D eigenvalue weighted by molar-refractivity contribution is 0.0626. The lowest BCUT2D eigenvalue weighted by Crippen LogP contribution is -2.49. The van der Waals surface area contributed by atoms with Gasteiger partial charge >= 0.3 is 0 Å². The molecule has 27 heavy (non-hydrogen) atoms. The van der Waals surface area contributed by atoms with Gasteiger partial charge in [-0.05, 0) is 36.2 Å². The predicted octanol–water partition coefficient (Wildman–Crippen LogP) is 3.38. The number of rotatable bonds is 3. The number of halogens is 1. The molecule has 1 aromatic carbocycles. The highest BCUT2D eigenvalue weighted by Crippen LogP contribution is 2.33. The first kappa shape index (κ1) is 17.9. The summed E-state index contributed by atoms with van der Waals surface area (Å²) < 4.78 is 15.2. The Labute approximate surface area is 161 Å². The molecule has 0 bridgehead atoms. The molecule has 140 valence electrons. The molecule has 1 N–H and O–H groups in total. The van der Waals surface area contributed by atoms with Crippen LogP contribution in [0.15, 0.2) is 42.7 Å². The van der Waals surface area contributed by atoms with E-state index in [0.717, 1.165) is 28.4 Å². The highest BCUT2D eigenvalue weighted by molar-refractivity contribution is 7.14. The second-order valence-electron chi connectivity index (χ2n) is 6.70. The van der Waals surface area contributed by atoms with Gasteiger partial charge in [0.2, 0.25) is 0 Å². The van der Waals surface area contributed by atoms with Crippen molar-refractivity contribution in [2.75, 3.05) is 19.6 Å². The van der Waals surface area contributed by atoms with Crippen molar-refractivity contribution in [3.8, 4) is 11.1 Å². The maximum absolute atomic E-state index is 13.3. The first-order valence-electron chi connectivity index (χ1n) is 8.90. The second-order valence-corrected chi connectivity index (χ2v) is 7.96. The Kier molecular flexibility index (Phi) is 4.80. The van der Waals surface area contributed by atoms with Crippen LogP contribution in [-0.4, -0.2) is 40.0 Å². The summed E-state index contributed by atoms with van der Waals surface area (Å²) in [6, 6.07) is 8.22. The number of carbonyl (C=O) groups is 1. The van der Waals surface area contributed by atoms with Gasteiger partial charge in [-0.2, -0.15) is 0 Å². The van der Waals surface area contributed by atoms with Crippen molar-refractivity contribution in [1.82, 2.24) is 19.8 Å². The number of amides is 1. The number of hydrogen-bond donors (Lipinski definition) is 1. The zero-order valence-corrected chi connectivity index (χ0v) is 16.1. The van der Waals surface area contributed by atoms with Crippen LogP contribution in [0.1, 0.15) is 26.4 Å². The second kappa shape index (κ2) is 7.25. The number of carbonyl (C=O) groups excluding carboxylic acids is 1. The van der Waals surface area contributed by atoms with Crippen molar-refractivity contribution >= 4 is 17.2 Å². The van der Waals surface area contributed by atoms with E-state index in [2.05, 4.69) is 10.3 Å². The Morgan fingerprint density at radius 3 is 2.81 bits per heavy atom. The van der Waals surface area contributed by atoms with Gasteiger partial charge in [0.15, 0.2) is 0 Å². The normalized spacial score (nSPS) is 17.3. The molecule has 3 aromatic rings. The van der Waals surface area contributed by atoms with E-state index >= 15 is 0 Å². The van der Waals surface area contributed by atoms with E-state index < -0.39 is 0 Å². The van der Waals surface area contributed by atoms with Crippen LogP contribution in [0, 0.1) is 12.7 Å². The number of thiophene rings is 1. The maximum atomic E-state index is 13.3. The van der Waals surface area contributed by atoms with Crippen molar-refractivity contribution < 1.29 is 9.18 Å². The third-order valence-corrected chi connectivity index (χ3v) is 5.98. The average molecular weight is 384 g/mol. The topological polar surface area (TPSA) is 50.2 Å². The fourth-order valence-corrected chi connectivity index (χ4v) is 4.52. The molecule has 1 aliphatic heterocycles. The molecular weight excluding hydrogens is 363 g/mol. The summed E-state index contributed by atoms with van der Waals surface area (Å²) in [7, 11) is 1.95. The molecule has 1 saturated heterocycles. The van der Waals surface area contributed by atoms with Gasteiger partial charge in [0.25, 0.3) is 5.91 Å². The molecule has 1 atom stereocenters. The number of benzene rings is 1. The first-order valence-corrected chi connectivity index (χ1v) is 9.71. The molecule has 3 heterocycles. The van der Waals surface area contributed by atoms with Crippen molar-refractivity contribution in [2.24, 2.45) is 7.05 Å². The minimum absolute atomic E-state index is 0.0194. The number of aromatic nitrogens is 2. The van der Waals surface area contributed by atoms with Crippen LogP contribution in [0.3, 0.4) is 0 Å². The summed E-state index contributed by atoms with van der Waals surface area (Å²) in [5.41, 5.74) is 1.90. The van der Waals surface area contributed by atoms with Crippen LogP contribution >= 0.6 is 11.3 Å². The van der Waals surface area contributed by atoms with E-state index in [1.807, 2.05) is 35.7 Å². The van der Waals surface area contributed by atoms with Gasteiger partial charge in [0, 0.05) is 44.0 Å². The zero-order chi connectivity index (χ0) is 19.0. The highest BCUT2D eigenvalue weighted by Gasteiger charge is 2.32. The molecule has 2 aromatic heterocycles. The SMILES string of the molecule is Cc1sc(C(=O)N2CCNCC2c2nccn2C)cc1-c1ccc(F)cc1. The molecule has 0 spiro atoms. The van der Waals surface area contributed by atoms with Crippen molar-refractivity contribution in [3.63, 3.8) is 0 Å². The Balaban J connectivity index is 1.64. The Bertz CT molecular complexity index is 963. The summed E-state index contributed by atoms with van der Waals surface area (Å²) in [5, 5.41) is 3.36. The highest BCUT2D eigenvalue weighted by atomic mass is 32.1. The minimum Gasteiger partial charge on any atom is -0.336 e. The van der Waals surface area contributed by atoms with Crippen molar-refractivity contribution in [3.05, 3.63) is 64.1 Å². The third-order valence-electron chi connectivity index (χ3n) is 4.94. The summed E-state index contributed by atoms with van der Waals surface area (Å²) in [6.45, 7) is 4.08. The number of piperazine rings is 1. The standard InChI is InChI=1S/C20H21FN4OS/c1-13-16(14-3-5-15(21)6-4-14)11-18(27-13)20(26)25-10-7-22-12-17(25)19-23-8-9-24(19)2/h3-6,8-9,11,17,22H,7,10,12H2,1-2H3. The monoisotopic (exact) mass is 384 g/mol. The van der Waals surface area contributed by atoms with E-state index in [1.54, 1.807) is 18.3 Å². The van der Waals surface area contributed by atoms with Crippen molar-refractivity contribution in [2.45, 2.75) is 13.0 Å². The van der Waals surface area contributed by atoms with Crippen LogP contribution in [0.2, 0.25) is 0 Å². The van der Waals surface area contributed by atoms with E-state index in [-0.39, 0.29) is 17.8 Å². The molecule has 1 aliphatic rings. The number of nitrogens with one attached hydrogen (secondary N) is 1. The number of hydrogen-bond acceptors (Lipinski definition) is 4. The van der Waals surface area contributed by atoms with Crippen LogP contribution < -0.4 is 5.32 Å². The van der Waals surface area contributed by atoms with Crippen LogP contribution in [-0.2, 0) is 7.05 Å². The molecule has 1 unspecified atom stereocenters. The summed E-state index contributed by atoms with van der Waals surface area (Å²) >= 11 is 1.49. The summed E-state index contributed by atoms with van der Waals surface area (Å²) in [6.07, 6.45) is 3.66. The Morgan fingerprint density at radius 2 is 2.11 bits per heavy atom. The van der Waals surface area contributed by atoms with Gasteiger partial charge in [-0.25, -0.2) is 9.37 Å². The van der Waals surface area contributed by atoms with Crippen molar-refractivity contribution in [1.29, 1.82) is 0 Å². The minimum atomic E-state index is -0.262. The zero-order valence-electron chi connectivity index (χ0n) is 15.3. The maximum Gasteiger partial charge on any atom is 0.264 e. The molecule has 1 amide bonds. The molecule has 1 fully saturated rings. The van der Waals surface area contributed by atoms with Gasteiger partial charge in [0.1, 0.15) is 17.7 Å². The van der Waals surface area contributed by atoms with E-state index in [4.69, 9.17) is 0 Å². The first-order chi connectivity index (χ1) is 13.0. The smallest absolute Gasteiger partial charge is 0.264 e. The molecule has 0 saturated carbocycles. The molecular formula is C20H21FN4OS. The molecule has 5 nitrogen and oxygen atoms in total. The fourth-order valence-electron chi connectivity index (χ4n) is 3.52. The van der Waals surface area contributed by atoms with Gasteiger partial charge in [-0.15, -0.1) is 11.3 Å². The molecule has 0 radical (unpaired) electrons. The van der Waals surface area contributed by atoms with Crippen LogP contribution in [0.5, 0.6) is 0 Å². The van der Waals surface area contributed by atoms with E-state index in [1.165, 1.54) is 23.5 Å². The lowest BCUT2D eigenvalue weighted by atomic mass is 10.1. The number of nitrogens with zero attached hydrogens (tertiary/aromatic N) is 3. The van der Waals surface area contributed by atoms with Gasteiger partial charge in [-0.1, -0.05) is 12.1 Å². The quantitative estimate of drug-likeness (QED) is 0.753. The molecule has 4 rings (SSSR count). The molecule has 7 heteroatoms. The van der Waals surface area contributed by atoms with Crippen LogP contribution in [0.25, 0.3) is 11.1 Å². The average Bonchev–Trinajstić information content (AvgIpc) is 3.27. The van der Waals surface area contributed by atoms with E-state index in [9.17, 15) is 9.18 Å². The number of imidazole rings is 1. The molecule has 0 aliphatic carbocycles. The fraction of sp³-hybridized carbons (Fsp3) is 0.300. The van der Waals surface area contributed by atoms with Gasteiger partial charge < -0.3 is 14.8 Å². The van der Waals surface area contributed by atoms with E-state index in [0.29, 0.717) is 18.0 Å². The Hall–Kier alpha value is -2.51. The number of aryl methyl sites for hydroxylation is 2. The van der Waals surface area contributed by atoms with Gasteiger partial charge in [0.05, 0.1) is 4.88 Å². The third kappa shape index (κ3) is 3.40. The largest absolute Gasteiger partial charge is 0.336 e. The Morgan fingerprint density at radius 1 is 1.33 bits per heavy atom. The van der Waals surface area contributed by atoms with Gasteiger partial charge in [-0.3, -0.25) is 4.79 Å². The van der Waals surface area contributed by atoms with Crippen LogP contribution in [0.4, 0.5) is 4.39 Å². The lowest BCUT2D eigenvalue weighted by Gasteiger charge is -2.35. The summed E-state index contributed by atoms with van der Waals surface area (Å²) in [5.74, 6) is 0.634. The summed E-state index contributed by atoms with van der Waals surface area (Å²) in [4.78, 5) is 21.4.